The quantitative estimate of drug-likeness (QED) is 0.517. The molecule has 2 heterocycles. The fourth-order valence-electron chi connectivity index (χ4n) is 4.04. The van der Waals surface area contributed by atoms with Gasteiger partial charge in [-0.3, -0.25) is 9.36 Å². The summed E-state index contributed by atoms with van der Waals surface area (Å²) in [6, 6.07) is 13.1. The predicted molar refractivity (Wildman–Crippen MR) is 126 cm³/mol. The largest absolute Gasteiger partial charge is 0.489 e. The third-order valence-corrected chi connectivity index (χ3v) is 6.17. The van der Waals surface area contributed by atoms with Gasteiger partial charge in [-0.05, 0) is 56.7 Å². The van der Waals surface area contributed by atoms with E-state index in [1.165, 1.54) is 6.07 Å². The summed E-state index contributed by atoms with van der Waals surface area (Å²) in [4.78, 5) is 19.1. The summed E-state index contributed by atoms with van der Waals surface area (Å²) in [6.07, 6.45) is 1.88. The van der Waals surface area contributed by atoms with Crippen LogP contribution >= 0.6 is 23.2 Å². The number of hydrogen-bond donors (Lipinski definition) is 0. The van der Waals surface area contributed by atoms with Crippen LogP contribution < -0.4 is 15.2 Å². The van der Waals surface area contributed by atoms with Crippen LogP contribution in [0.1, 0.15) is 29.9 Å². The van der Waals surface area contributed by atoms with Crippen molar-refractivity contribution in [3.63, 3.8) is 0 Å². The van der Waals surface area contributed by atoms with Crippen molar-refractivity contribution in [1.82, 2.24) is 9.55 Å². The highest BCUT2D eigenvalue weighted by Gasteiger charge is 2.23. The molecule has 1 aromatic heterocycles. The van der Waals surface area contributed by atoms with Crippen LogP contribution in [0, 0.1) is 20.8 Å². The molecule has 0 saturated carbocycles. The first kappa shape index (κ1) is 21.7. The molecule has 0 unspecified atom stereocenters. The Labute approximate surface area is 192 Å². The van der Waals surface area contributed by atoms with E-state index in [4.69, 9.17) is 27.9 Å². The number of hydrogen-bond acceptors (Lipinski definition) is 4. The van der Waals surface area contributed by atoms with Crippen LogP contribution in [0.5, 0.6) is 5.75 Å². The molecule has 0 atom stereocenters. The summed E-state index contributed by atoms with van der Waals surface area (Å²) in [7, 11) is 0. The van der Waals surface area contributed by atoms with Crippen LogP contribution in [0.3, 0.4) is 0 Å². The third-order valence-electron chi connectivity index (χ3n) is 5.57. The van der Waals surface area contributed by atoms with E-state index in [9.17, 15) is 4.79 Å². The molecular formula is C24H25Cl2N3O2. The Balaban J connectivity index is 1.46. The van der Waals surface area contributed by atoms with Crippen LogP contribution in [0.4, 0.5) is 5.69 Å². The second kappa shape index (κ2) is 8.93. The molecule has 7 heteroatoms. The highest BCUT2D eigenvalue weighted by molar-refractivity contribution is 6.33. The Kier molecular flexibility index (Phi) is 6.26. The SMILES string of the molecule is Cc1ccc(OC2CCN(c3ccc(-n4c(C)nc(C)cc4=O)cc3Cl)CC2)c(Cl)c1. The average molecular weight is 458 g/mol. The summed E-state index contributed by atoms with van der Waals surface area (Å²) in [5.41, 5.74) is 3.39. The number of anilines is 1. The lowest BCUT2D eigenvalue weighted by atomic mass is 10.1. The molecule has 0 bridgehead atoms. The smallest absolute Gasteiger partial charge is 0.258 e. The topological polar surface area (TPSA) is 47.4 Å². The van der Waals surface area contributed by atoms with Crippen LogP contribution in [0.25, 0.3) is 5.69 Å². The second-order valence-corrected chi connectivity index (χ2v) is 8.81. The third kappa shape index (κ3) is 4.73. The van der Waals surface area contributed by atoms with Gasteiger partial charge in [-0.1, -0.05) is 29.3 Å². The first-order valence-corrected chi connectivity index (χ1v) is 11.1. The molecule has 1 saturated heterocycles. The number of aryl methyl sites for hydroxylation is 3. The normalized spacial score (nSPS) is 14.7. The number of halogens is 2. The van der Waals surface area contributed by atoms with Crippen LogP contribution in [-0.2, 0) is 0 Å². The zero-order chi connectivity index (χ0) is 22.1. The van der Waals surface area contributed by atoms with Gasteiger partial charge in [0.25, 0.3) is 5.56 Å². The molecule has 31 heavy (non-hydrogen) atoms. The molecule has 2 aromatic carbocycles. The Morgan fingerprint density at radius 2 is 1.71 bits per heavy atom. The van der Waals surface area contributed by atoms with Gasteiger partial charge in [0.05, 0.1) is 21.4 Å². The summed E-state index contributed by atoms with van der Waals surface area (Å²) in [5, 5.41) is 1.27. The van der Waals surface area contributed by atoms with Gasteiger partial charge in [0.1, 0.15) is 17.7 Å². The second-order valence-electron chi connectivity index (χ2n) is 7.99. The highest BCUT2D eigenvalue weighted by atomic mass is 35.5. The lowest BCUT2D eigenvalue weighted by Crippen LogP contribution is -2.38. The van der Waals surface area contributed by atoms with Gasteiger partial charge in [0.2, 0.25) is 0 Å². The highest BCUT2D eigenvalue weighted by Crippen LogP contribution is 2.32. The summed E-state index contributed by atoms with van der Waals surface area (Å²) >= 11 is 12.9. The minimum absolute atomic E-state index is 0.110. The summed E-state index contributed by atoms with van der Waals surface area (Å²) < 4.78 is 7.71. The van der Waals surface area contributed by atoms with Crippen LogP contribution in [0.2, 0.25) is 10.0 Å². The van der Waals surface area contributed by atoms with Crippen molar-refractivity contribution in [2.24, 2.45) is 0 Å². The van der Waals surface area contributed by atoms with E-state index in [2.05, 4.69) is 9.88 Å². The van der Waals surface area contributed by atoms with Crippen molar-refractivity contribution < 1.29 is 4.74 Å². The van der Waals surface area contributed by atoms with Crippen molar-refractivity contribution >= 4 is 28.9 Å². The fraction of sp³-hybridized carbons (Fsp3) is 0.333. The van der Waals surface area contributed by atoms with Gasteiger partial charge >= 0.3 is 0 Å². The zero-order valence-corrected chi connectivity index (χ0v) is 19.4. The van der Waals surface area contributed by atoms with Gasteiger partial charge in [0.15, 0.2) is 0 Å². The molecular weight excluding hydrogens is 433 g/mol. The Hall–Kier alpha value is -2.50. The van der Waals surface area contributed by atoms with E-state index in [0.29, 0.717) is 21.6 Å². The molecule has 1 aliphatic rings. The summed E-state index contributed by atoms with van der Waals surface area (Å²) in [5.74, 6) is 1.38. The minimum atomic E-state index is -0.110. The fourth-order valence-corrected chi connectivity index (χ4v) is 4.62. The van der Waals surface area contributed by atoms with Crippen LogP contribution in [-0.4, -0.2) is 28.7 Å². The van der Waals surface area contributed by atoms with E-state index in [0.717, 1.165) is 48.6 Å². The van der Waals surface area contributed by atoms with E-state index >= 15 is 0 Å². The molecule has 5 nitrogen and oxygen atoms in total. The zero-order valence-electron chi connectivity index (χ0n) is 17.9. The maximum atomic E-state index is 12.4. The first-order chi connectivity index (χ1) is 14.8. The van der Waals surface area contributed by atoms with Crippen molar-refractivity contribution in [2.45, 2.75) is 39.7 Å². The monoisotopic (exact) mass is 457 g/mol. The van der Waals surface area contributed by atoms with E-state index in [1.807, 2.05) is 57.2 Å². The maximum Gasteiger partial charge on any atom is 0.258 e. The number of aromatic nitrogens is 2. The number of piperidine rings is 1. The predicted octanol–water partition coefficient (Wildman–Crippen LogP) is 5.51. The Morgan fingerprint density at radius 3 is 2.35 bits per heavy atom. The van der Waals surface area contributed by atoms with E-state index in [-0.39, 0.29) is 11.7 Å². The van der Waals surface area contributed by atoms with Crippen molar-refractivity contribution in [3.05, 3.63) is 79.9 Å². The lowest BCUT2D eigenvalue weighted by Gasteiger charge is -2.34. The van der Waals surface area contributed by atoms with E-state index in [1.54, 1.807) is 4.57 Å². The molecule has 0 amide bonds. The number of rotatable bonds is 4. The number of nitrogens with zero attached hydrogens (tertiary/aromatic N) is 3. The van der Waals surface area contributed by atoms with Gasteiger partial charge in [-0.25, -0.2) is 4.98 Å². The van der Waals surface area contributed by atoms with Crippen LogP contribution in [0.15, 0.2) is 47.3 Å². The Morgan fingerprint density at radius 1 is 0.968 bits per heavy atom. The molecule has 1 aliphatic heterocycles. The molecule has 0 spiro atoms. The van der Waals surface area contributed by atoms with Gasteiger partial charge in [-0.15, -0.1) is 0 Å². The minimum Gasteiger partial charge on any atom is -0.489 e. The molecule has 1 fully saturated rings. The molecule has 0 N–H and O–H groups in total. The van der Waals surface area contributed by atoms with Gasteiger partial charge in [0, 0.05) is 37.7 Å². The summed E-state index contributed by atoms with van der Waals surface area (Å²) in [6.45, 7) is 7.31. The Bertz CT molecular complexity index is 1170. The van der Waals surface area contributed by atoms with Gasteiger partial charge in [-0.2, -0.15) is 0 Å². The van der Waals surface area contributed by atoms with Gasteiger partial charge < -0.3 is 9.64 Å². The standard InChI is InChI=1S/C24H25Cl2N3O2/c1-15-4-7-23(21(26)12-15)31-19-8-10-28(11-9-19)22-6-5-18(14-20(22)25)29-17(3)27-16(2)13-24(29)30/h4-7,12-14,19H,8-11H2,1-3H3. The van der Waals surface area contributed by atoms with E-state index < -0.39 is 0 Å². The molecule has 0 aliphatic carbocycles. The van der Waals surface area contributed by atoms with Crippen molar-refractivity contribution in [1.29, 1.82) is 0 Å². The number of ether oxygens (including phenoxy) is 1. The molecule has 4 rings (SSSR count). The molecule has 162 valence electrons. The first-order valence-electron chi connectivity index (χ1n) is 10.4. The lowest BCUT2D eigenvalue weighted by molar-refractivity contribution is 0.171. The maximum absolute atomic E-state index is 12.4. The molecule has 0 radical (unpaired) electrons. The van der Waals surface area contributed by atoms with Crippen molar-refractivity contribution in [2.75, 3.05) is 18.0 Å². The van der Waals surface area contributed by atoms with Crippen molar-refractivity contribution in [3.8, 4) is 11.4 Å². The average Bonchev–Trinajstić information content (AvgIpc) is 2.70. The number of benzene rings is 2. The molecule has 3 aromatic rings.